The molecule has 1 rings (SSSR count). The van der Waals surface area contributed by atoms with E-state index in [4.69, 9.17) is 4.74 Å². The van der Waals surface area contributed by atoms with Gasteiger partial charge in [0.05, 0.1) is 6.10 Å². The van der Waals surface area contributed by atoms with Crippen LogP contribution in [-0.2, 0) is 9.53 Å². The molecule has 1 heterocycles. The normalized spacial score (nSPS) is 21.9. The van der Waals surface area contributed by atoms with Crippen LogP contribution in [0.5, 0.6) is 0 Å². The number of hydrogen-bond donors (Lipinski definition) is 0. The largest absolute Gasteiger partial charge is 0.378 e. The van der Waals surface area contributed by atoms with Crippen molar-refractivity contribution in [1.29, 1.82) is 0 Å². The lowest BCUT2D eigenvalue weighted by molar-refractivity contribution is -0.120. The zero-order valence-electron chi connectivity index (χ0n) is 10.3. The van der Waals surface area contributed by atoms with Crippen LogP contribution in [0.25, 0.3) is 0 Å². The highest BCUT2D eigenvalue weighted by Gasteiger charge is 2.17. The highest BCUT2D eigenvalue weighted by Crippen LogP contribution is 2.22. The highest BCUT2D eigenvalue weighted by atomic mass is 16.5. The predicted molar refractivity (Wildman–Crippen MR) is 61.9 cm³/mol. The van der Waals surface area contributed by atoms with Crippen LogP contribution < -0.4 is 0 Å². The molecule has 15 heavy (non-hydrogen) atoms. The number of ketones is 1. The van der Waals surface area contributed by atoms with Gasteiger partial charge in [-0.05, 0) is 31.1 Å². The summed E-state index contributed by atoms with van der Waals surface area (Å²) in [6.45, 7) is 7.43. The number of ether oxygens (including phenoxy) is 1. The number of hydrogen-bond acceptors (Lipinski definition) is 2. The first-order valence-electron chi connectivity index (χ1n) is 6.11. The second-order valence-corrected chi connectivity index (χ2v) is 5.77. The van der Waals surface area contributed by atoms with Gasteiger partial charge < -0.3 is 4.74 Å². The van der Waals surface area contributed by atoms with Crippen molar-refractivity contribution < 1.29 is 9.53 Å². The molecule has 1 fully saturated rings. The molecule has 1 saturated heterocycles. The molecule has 0 aromatic heterocycles. The monoisotopic (exact) mass is 212 g/mol. The molecule has 2 heteroatoms. The van der Waals surface area contributed by atoms with Gasteiger partial charge in [0.25, 0.3) is 0 Å². The van der Waals surface area contributed by atoms with E-state index in [0.717, 1.165) is 32.3 Å². The van der Waals surface area contributed by atoms with Crippen molar-refractivity contribution in [2.24, 2.45) is 5.41 Å². The minimum absolute atomic E-state index is 0.277. The van der Waals surface area contributed by atoms with Gasteiger partial charge in [-0.3, -0.25) is 4.79 Å². The van der Waals surface area contributed by atoms with Gasteiger partial charge in [-0.25, -0.2) is 0 Å². The number of carbonyl (C=O) groups is 1. The first kappa shape index (κ1) is 12.7. The van der Waals surface area contributed by atoms with E-state index in [1.54, 1.807) is 0 Å². The summed E-state index contributed by atoms with van der Waals surface area (Å²) >= 11 is 0. The van der Waals surface area contributed by atoms with Gasteiger partial charge in [-0.1, -0.05) is 20.8 Å². The molecule has 1 aliphatic rings. The van der Waals surface area contributed by atoms with Crippen molar-refractivity contribution in [2.45, 2.75) is 65.4 Å². The van der Waals surface area contributed by atoms with Crippen LogP contribution in [0.15, 0.2) is 0 Å². The van der Waals surface area contributed by atoms with Gasteiger partial charge in [-0.2, -0.15) is 0 Å². The van der Waals surface area contributed by atoms with Crippen molar-refractivity contribution in [1.82, 2.24) is 0 Å². The maximum atomic E-state index is 11.6. The third kappa shape index (κ3) is 5.93. The average Bonchev–Trinajstić information content (AvgIpc) is 2.62. The SMILES string of the molecule is CC(C)(C)CCC(=O)CCC1CCCO1. The Kier molecular flexibility index (Phi) is 4.78. The number of rotatable bonds is 5. The summed E-state index contributed by atoms with van der Waals surface area (Å²) in [5.74, 6) is 0.403. The summed E-state index contributed by atoms with van der Waals surface area (Å²) in [5.41, 5.74) is 0.277. The Morgan fingerprint density at radius 1 is 1.33 bits per heavy atom. The van der Waals surface area contributed by atoms with Crippen molar-refractivity contribution in [3.8, 4) is 0 Å². The van der Waals surface area contributed by atoms with E-state index in [2.05, 4.69) is 20.8 Å². The van der Waals surface area contributed by atoms with E-state index in [-0.39, 0.29) is 5.41 Å². The van der Waals surface area contributed by atoms with Crippen LogP contribution in [0, 0.1) is 5.41 Å². The molecule has 0 radical (unpaired) electrons. The molecular weight excluding hydrogens is 188 g/mol. The summed E-state index contributed by atoms with van der Waals surface area (Å²) < 4.78 is 5.50. The van der Waals surface area contributed by atoms with Gasteiger partial charge in [0.1, 0.15) is 5.78 Å². The molecular formula is C13H24O2. The second-order valence-electron chi connectivity index (χ2n) is 5.77. The van der Waals surface area contributed by atoms with Crippen molar-refractivity contribution in [3.05, 3.63) is 0 Å². The van der Waals surface area contributed by atoms with Crippen LogP contribution in [-0.4, -0.2) is 18.5 Å². The molecule has 2 nitrogen and oxygen atoms in total. The van der Waals surface area contributed by atoms with Gasteiger partial charge >= 0.3 is 0 Å². The molecule has 0 aromatic rings. The van der Waals surface area contributed by atoms with Crippen molar-refractivity contribution in [2.75, 3.05) is 6.61 Å². The standard InChI is InChI=1S/C13H24O2/c1-13(2,3)9-8-11(14)6-7-12-5-4-10-15-12/h12H,4-10H2,1-3H3. The lowest BCUT2D eigenvalue weighted by Crippen LogP contribution is -2.11. The fourth-order valence-corrected chi connectivity index (χ4v) is 1.83. The summed E-state index contributed by atoms with van der Waals surface area (Å²) in [4.78, 5) is 11.6. The Hall–Kier alpha value is -0.370. The molecule has 0 saturated carbocycles. The second kappa shape index (κ2) is 5.64. The van der Waals surface area contributed by atoms with E-state index < -0.39 is 0 Å². The Morgan fingerprint density at radius 2 is 2.07 bits per heavy atom. The minimum atomic E-state index is 0.277. The molecule has 1 aliphatic heterocycles. The van der Waals surface area contributed by atoms with Crippen LogP contribution in [0.3, 0.4) is 0 Å². The lowest BCUT2D eigenvalue weighted by Gasteiger charge is -2.17. The molecule has 0 spiro atoms. The van der Waals surface area contributed by atoms with Gasteiger partial charge in [0.15, 0.2) is 0 Å². The molecule has 0 N–H and O–H groups in total. The molecule has 1 atom stereocenters. The Bertz CT molecular complexity index is 197. The van der Waals surface area contributed by atoms with Crippen molar-refractivity contribution in [3.63, 3.8) is 0 Å². The fraction of sp³-hybridized carbons (Fsp3) is 0.923. The van der Waals surface area contributed by atoms with Crippen molar-refractivity contribution >= 4 is 5.78 Å². The first-order chi connectivity index (χ1) is 6.97. The van der Waals surface area contributed by atoms with Crippen LogP contribution in [0.1, 0.15) is 59.3 Å². The summed E-state index contributed by atoms with van der Waals surface area (Å²) in [6, 6.07) is 0. The van der Waals surface area contributed by atoms with E-state index in [9.17, 15) is 4.79 Å². The first-order valence-corrected chi connectivity index (χ1v) is 6.11. The molecule has 0 amide bonds. The fourth-order valence-electron chi connectivity index (χ4n) is 1.83. The van der Waals surface area contributed by atoms with Crippen LogP contribution >= 0.6 is 0 Å². The third-order valence-corrected chi connectivity index (χ3v) is 2.92. The van der Waals surface area contributed by atoms with Gasteiger partial charge in [-0.15, -0.1) is 0 Å². The molecule has 1 unspecified atom stereocenters. The summed E-state index contributed by atoms with van der Waals surface area (Å²) in [7, 11) is 0. The Labute approximate surface area is 93.4 Å². The predicted octanol–water partition coefficient (Wildman–Crippen LogP) is 3.34. The van der Waals surface area contributed by atoms with Gasteiger partial charge in [0, 0.05) is 19.4 Å². The van der Waals surface area contributed by atoms with E-state index in [1.165, 1.54) is 6.42 Å². The maximum Gasteiger partial charge on any atom is 0.133 e. The van der Waals surface area contributed by atoms with Gasteiger partial charge in [0.2, 0.25) is 0 Å². The van der Waals surface area contributed by atoms with E-state index in [0.29, 0.717) is 18.3 Å². The molecule has 0 aliphatic carbocycles. The summed E-state index contributed by atoms with van der Waals surface area (Å²) in [5, 5.41) is 0. The zero-order chi connectivity index (χ0) is 11.3. The van der Waals surface area contributed by atoms with Crippen LogP contribution in [0.2, 0.25) is 0 Å². The Morgan fingerprint density at radius 3 is 2.60 bits per heavy atom. The zero-order valence-corrected chi connectivity index (χ0v) is 10.3. The molecule has 0 aromatic carbocycles. The minimum Gasteiger partial charge on any atom is -0.378 e. The quantitative estimate of drug-likeness (QED) is 0.698. The Balaban J connectivity index is 2.08. The third-order valence-electron chi connectivity index (χ3n) is 2.92. The lowest BCUT2D eigenvalue weighted by atomic mass is 9.89. The number of Topliss-reactive ketones (excluding diaryl/α,β-unsaturated/α-hetero) is 1. The van der Waals surface area contributed by atoms with E-state index in [1.807, 2.05) is 0 Å². The summed E-state index contributed by atoms with van der Waals surface area (Å²) in [6.07, 6.45) is 6.05. The topological polar surface area (TPSA) is 26.3 Å². The number of carbonyl (C=O) groups excluding carboxylic acids is 1. The molecule has 0 bridgehead atoms. The van der Waals surface area contributed by atoms with Crippen LogP contribution in [0.4, 0.5) is 0 Å². The molecule has 88 valence electrons. The average molecular weight is 212 g/mol. The highest BCUT2D eigenvalue weighted by molar-refractivity contribution is 5.78. The maximum absolute atomic E-state index is 11.6. The smallest absolute Gasteiger partial charge is 0.133 e. The van der Waals surface area contributed by atoms with E-state index >= 15 is 0 Å².